The molecule has 1 aromatic rings. The normalized spacial score (nSPS) is 10.2. The van der Waals surface area contributed by atoms with Gasteiger partial charge in [0.05, 0.1) is 7.11 Å². The molecule has 0 aliphatic heterocycles. The first-order valence-electron chi connectivity index (χ1n) is 4.69. The van der Waals surface area contributed by atoms with Crippen LogP contribution in [0.2, 0.25) is 5.02 Å². The van der Waals surface area contributed by atoms with Crippen molar-refractivity contribution >= 4 is 23.4 Å². The smallest absolute Gasteiger partial charge is 0.411 e. The number of halogens is 1. The Labute approximate surface area is 94.4 Å². The van der Waals surface area contributed by atoms with Gasteiger partial charge in [-0.15, -0.1) is 0 Å². The molecule has 0 heterocycles. The molecular weight excluding hydrogens is 214 g/mol. The summed E-state index contributed by atoms with van der Waals surface area (Å²) in [6.07, 6.45) is -0.473. The maximum Gasteiger partial charge on any atom is 0.411 e. The van der Waals surface area contributed by atoms with E-state index in [9.17, 15) is 4.79 Å². The Morgan fingerprint density at radius 2 is 2.13 bits per heavy atom. The molecule has 15 heavy (non-hydrogen) atoms. The summed E-state index contributed by atoms with van der Waals surface area (Å²) in [5, 5.41) is 3.31. The van der Waals surface area contributed by atoms with Crippen LogP contribution in [-0.2, 0) is 4.74 Å². The lowest BCUT2D eigenvalue weighted by Gasteiger charge is -2.13. The Morgan fingerprint density at radius 3 is 2.67 bits per heavy atom. The maximum absolute atomic E-state index is 11.1. The van der Waals surface area contributed by atoms with Gasteiger partial charge in [0.1, 0.15) is 0 Å². The first kappa shape index (κ1) is 11.9. The summed E-state index contributed by atoms with van der Waals surface area (Å²) in [7, 11) is 1.33. The molecule has 3 nitrogen and oxygen atoms in total. The van der Waals surface area contributed by atoms with Crippen molar-refractivity contribution in [2.24, 2.45) is 0 Å². The second kappa shape index (κ2) is 5.03. The Hall–Kier alpha value is -1.22. The lowest BCUT2D eigenvalue weighted by Crippen LogP contribution is -2.12. The fraction of sp³-hybridized carbons (Fsp3) is 0.364. The molecule has 0 unspecified atom stereocenters. The van der Waals surface area contributed by atoms with E-state index >= 15 is 0 Å². The van der Waals surface area contributed by atoms with E-state index in [0.29, 0.717) is 5.02 Å². The first-order chi connectivity index (χ1) is 7.04. The average Bonchev–Trinajstić information content (AvgIpc) is 2.20. The minimum absolute atomic E-state index is 0.288. The van der Waals surface area contributed by atoms with Crippen LogP contribution in [0.1, 0.15) is 25.3 Å². The van der Waals surface area contributed by atoms with Gasteiger partial charge in [-0.1, -0.05) is 25.4 Å². The van der Waals surface area contributed by atoms with Crippen molar-refractivity contribution in [2.75, 3.05) is 12.4 Å². The van der Waals surface area contributed by atoms with E-state index < -0.39 is 6.09 Å². The summed E-state index contributed by atoms with van der Waals surface area (Å²) in [5.74, 6) is 0.288. The molecule has 4 heteroatoms. The summed E-state index contributed by atoms with van der Waals surface area (Å²) >= 11 is 5.89. The molecule has 0 bridgehead atoms. The predicted molar refractivity (Wildman–Crippen MR) is 61.6 cm³/mol. The number of hydrogen-bond donors (Lipinski definition) is 1. The zero-order valence-corrected chi connectivity index (χ0v) is 9.76. The molecule has 0 spiro atoms. The van der Waals surface area contributed by atoms with Gasteiger partial charge in [0, 0.05) is 10.7 Å². The van der Waals surface area contributed by atoms with E-state index in [0.717, 1.165) is 11.3 Å². The van der Waals surface area contributed by atoms with Gasteiger partial charge in [-0.3, -0.25) is 5.32 Å². The molecule has 0 saturated heterocycles. The molecule has 0 aliphatic rings. The molecular formula is C11H14ClNO2. The van der Waals surface area contributed by atoms with Gasteiger partial charge in [-0.2, -0.15) is 0 Å². The van der Waals surface area contributed by atoms with Crippen LogP contribution in [0.3, 0.4) is 0 Å². The highest BCUT2D eigenvalue weighted by Gasteiger charge is 2.09. The summed E-state index contributed by atoms with van der Waals surface area (Å²) in [6.45, 7) is 4.07. The SMILES string of the molecule is COC(=O)Nc1ccc(Cl)cc1C(C)C. The molecule has 0 saturated carbocycles. The summed E-state index contributed by atoms with van der Waals surface area (Å²) in [5.41, 5.74) is 1.73. The van der Waals surface area contributed by atoms with Crippen LogP contribution in [0, 0.1) is 0 Å². The number of ether oxygens (including phenoxy) is 1. The summed E-state index contributed by atoms with van der Waals surface area (Å²) < 4.78 is 4.54. The van der Waals surface area contributed by atoms with E-state index in [-0.39, 0.29) is 5.92 Å². The largest absolute Gasteiger partial charge is 0.453 e. The highest BCUT2D eigenvalue weighted by Crippen LogP contribution is 2.27. The van der Waals surface area contributed by atoms with Crippen molar-refractivity contribution in [1.29, 1.82) is 0 Å². The molecule has 1 N–H and O–H groups in total. The van der Waals surface area contributed by atoms with Crippen molar-refractivity contribution in [2.45, 2.75) is 19.8 Å². The third-order valence-electron chi connectivity index (χ3n) is 2.06. The van der Waals surface area contributed by atoms with Crippen LogP contribution < -0.4 is 5.32 Å². The summed E-state index contributed by atoms with van der Waals surface area (Å²) in [6, 6.07) is 5.35. The molecule has 1 amide bonds. The Bertz CT molecular complexity index is 364. The second-order valence-corrected chi connectivity index (χ2v) is 3.94. The topological polar surface area (TPSA) is 38.3 Å². The van der Waals surface area contributed by atoms with Crippen molar-refractivity contribution in [1.82, 2.24) is 0 Å². The average molecular weight is 228 g/mol. The third-order valence-corrected chi connectivity index (χ3v) is 2.29. The number of nitrogens with one attached hydrogen (secondary N) is 1. The second-order valence-electron chi connectivity index (χ2n) is 3.50. The number of carbonyl (C=O) groups is 1. The van der Waals surface area contributed by atoms with Gasteiger partial charge in [-0.05, 0) is 29.7 Å². The predicted octanol–water partition coefficient (Wildman–Crippen LogP) is 3.64. The minimum atomic E-state index is -0.473. The molecule has 0 radical (unpaired) electrons. The van der Waals surface area contributed by atoms with Crippen LogP contribution in [0.25, 0.3) is 0 Å². The highest BCUT2D eigenvalue weighted by molar-refractivity contribution is 6.30. The summed E-state index contributed by atoms with van der Waals surface area (Å²) in [4.78, 5) is 11.1. The molecule has 1 rings (SSSR count). The molecule has 82 valence electrons. The molecule has 1 aromatic carbocycles. The van der Waals surface area contributed by atoms with Crippen LogP contribution in [0.5, 0.6) is 0 Å². The van der Waals surface area contributed by atoms with Crippen molar-refractivity contribution in [3.63, 3.8) is 0 Å². The molecule has 0 fully saturated rings. The lowest BCUT2D eigenvalue weighted by atomic mass is 10.0. The number of rotatable bonds is 2. The maximum atomic E-state index is 11.1. The van der Waals surface area contributed by atoms with Crippen LogP contribution >= 0.6 is 11.6 Å². The van der Waals surface area contributed by atoms with Gasteiger partial charge in [0.15, 0.2) is 0 Å². The van der Waals surface area contributed by atoms with E-state index in [1.165, 1.54) is 7.11 Å². The van der Waals surface area contributed by atoms with Gasteiger partial charge < -0.3 is 4.74 Å². The van der Waals surface area contributed by atoms with Gasteiger partial charge in [0.25, 0.3) is 0 Å². The number of methoxy groups -OCH3 is 1. The Kier molecular flexibility index (Phi) is 3.97. The highest BCUT2D eigenvalue weighted by atomic mass is 35.5. The Balaban J connectivity index is 3.00. The number of benzene rings is 1. The number of hydrogen-bond acceptors (Lipinski definition) is 2. The van der Waals surface area contributed by atoms with E-state index in [2.05, 4.69) is 10.1 Å². The van der Waals surface area contributed by atoms with Crippen LogP contribution in [0.15, 0.2) is 18.2 Å². The monoisotopic (exact) mass is 227 g/mol. The number of amides is 1. The van der Waals surface area contributed by atoms with Gasteiger partial charge in [-0.25, -0.2) is 4.79 Å². The zero-order valence-electron chi connectivity index (χ0n) is 9.00. The van der Waals surface area contributed by atoms with E-state index in [4.69, 9.17) is 11.6 Å². The fourth-order valence-electron chi connectivity index (χ4n) is 1.29. The van der Waals surface area contributed by atoms with Gasteiger partial charge >= 0.3 is 6.09 Å². The van der Waals surface area contributed by atoms with Crippen LogP contribution in [0.4, 0.5) is 10.5 Å². The first-order valence-corrected chi connectivity index (χ1v) is 5.06. The van der Waals surface area contributed by atoms with Crippen LogP contribution in [-0.4, -0.2) is 13.2 Å². The minimum Gasteiger partial charge on any atom is -0.453 e. The fourth-order valence-corrected chi connectivity index (χ4v) is 1.47. The molecule has 0 aliphatic carbocycles. The quantitative estimate of drug-likeness (QED) is 0.838. The van der Waals surface area contributed by atoms with Crippen molar-refractivity contribution in [3.05, 3.63) is 28.8 Å². The van der Waals surface area contributed by atoms with Crippen molar-refractivity contribution < 1.29 is 9.53 Å². The van der Waals surface area contributed by atoms with Crippen molar-refractivity contribution in [3.8, 4) is 0 Å². The Morgan fingerprint density at radius 1 is 1.47 bits per heavy atom. The standard InChI is InChI=1S/C11H14ClNO2/c1-7(2)9-6-8(12)4-5-10(9)13-11(14)15-3/h4-7H,1-3H3,(H,13,14). The van der Waals surface area contributed by atoms with Gasteiger partial charge in [0.2, 0.25) is 0 Å². The number of carbonyl (C=O) groups excluding carboxylic acids is 1. The lowest BCUT2D eigenvalue weighted by molar-refractivity contribution is 0.187. The molecule has 0 atom stereocenters. The zero-order chi connectivity index (χ0) is 11.4. The van der Waals surface area contributed by atoms with E-state index in [1.54, 1.807) is 12.1 Å². The third kappa shape index (κ3) is 3.13. The number of anilines is 1. The molecule has 0 aromatic heterocycles. The van der Waals surface area contributed by atoms with E-state index in [1.807, 2.05) is 19.9 Å².